The third-order valence-electron chi connectivity index (χ3n) is 3.51. The molecule has 2 aromatic carbocycles. The summed E-state index contributed by atoms with van der Waals surface area (Å²) >= 11 is 0. The number of aromatic amines is 1. The molecule has 0 aliphatic carbocycles. The van der Waals surface area contributed by atoms with Crippen LogP contribution < -0.4 is 5.56 Å². The van der Waals surface area contributed by atoms with Crippen LogP contribution in [0.5, 0.6) is 5.75 Å². The number of aromatic nitrogens is 2. The van der Waals surface area contributed by atoms with E-state index in [4.69, 9.17) is 0 Å². The second-order valence-corrected chi connectivity index (χ2v) is 4.70. The normalized spacial score (nSPS) is 11.7. The van der Waals surface area contributed by atoms with Gasteiger partial charge in [-0.3, -0.25) is 4.79 Å². The molecule has 4 rings (SSSR count). The lowest BCUT2D eigenvalue weighted by Crippen LogP contribution is -2.09. The lowest BCUT2D eigenvalue weighted by Gasteiger charge is -2.03. The molecule has 0 saturated carbocycles. The van der Waals surface area contributed by atoms with E-state index in [0.29, 0.717) is 27.3 Å². The summed E-state index contributed by atoms with van der Waals surface area (Å²) in [6.45, 7) is 0. The number of phenolic OH excluding ortho intramolecular Hbond substituents is 1. The third kappa shape index (κ3) is 1.31. The molecular formula is C15H9FN2O2. The number of nitrogens with one attached hydrogen (secondary N) is 1. The maximum atomic E-state index is 13.9. The van der Waals surface area contributed by atoms with Gasteiger partial charge in [-0.25, -0.2) is 4.39 Å². The molecule has 0 atom stereocenters. The zero-order chi connectivity index (χ0) is 13.9. The highest BCUT2D eigenvalue weighted by molar-refractivity contribution is 5.99. The predicted octanol–water partition coefficient (Wildman–Crippen LogP) is 2.78. The molecule has 0 bridgehead atoms. The average molecular weight is 268 g/mol. The number of hydrogen-bond acceptors (Lipinski definition) is 2. The van der Waals surface area contributed by atoms with E-state index >= 15 is 0 Å². The molecule has 0 unspecified atom stereocenters. The van der Waals surface area contributed by atoms with Crippen LogP contribution in [0.15, 0.2) is 47.4 Å². The van der Waals surface area contributed by atoms with Crippen molar-refractivity contribution >= 4 is 27.3 Å². The molecule has 2 aromatic heterocycles. The number of nitrogens with zero attached hydrogens (tertiary/aromatic N) is 1. The fourth-order valence-electron chi connectivity index (χ4n) is 2.64. The molecule has 98 valence electrons. The van der Waals surface area contributed by atoms with Crippen molar-refractivity contribution in [3.05, 3.63) is 58.8 Å². The van der Waals surface area contributed by atoms with Gasteiger partial charge in [-0.2, -0.15) is 0 Å². The number of halogens is 1. The first-order valence-corrected chi connectivity index (χ1v) is 6.09. The summed E-state index contributed by atoms with van der Waals surface area (Å²) in [6, 6.07) is 9.35. The lowest BCUT2D eigenvalue weighted by atomic mass is 10.2. The van der Waals surface area contributed by atoms with Gasteiger partial charge in [0.05, 0.1) is 11.0 Å². The Kier molecular flexibility index (Phi) is 1.99. The molecule has 20 heavy (non-hydrogen) atoms. The van der Waals surface area contributed by atoms with Gasteiger partial charge < -0.3 is 14.5 Å². The van der Waals surface area contributed by atoms with E-state index in [2.05, 4.69) is 4.98 Å². The van der Waals surface area contributed by atoms with Crippen molar-refractivity contribution in [2.75, 3.05) is 0 Å². The van der Waals surface area contributed by atoms with Gasteiger partial charge in [-0.1, -0.05) is 12.1 Å². The number of rotatable bonds is 0. The molecule has 5 heteroatoms. The summed E-state index contributed by atoms with van der Waals surface area (Å²) in [4.78, 5) is 14.9. The summed E-state index contributed by atoms with van der Waals surface area (Å²) in [7, 11) is 0. The van der Waals surface area contributed by atoms with E-state index < -0.39 is 0 Å². The highest BCUT2D eigenvalue weighted by Crippen LogP contribution is 2.26. The first-order chi connectivity index (χ1) is 9.65. The topological polar surface area (TPSA) is 57.5 Å². The Hall–Kier alpha value is -2.82. The lowest BCUT2D eigenvalue weighted by molar-refractivity contribution is 0.476. The van der Waals surface area contributed by atoms with Crippen LogP contribution in [0.25, 0.3) is 27.3 Å². The molecule has 0 spiro atoms. The van der Waals surface area contributed by atoms with Crippen molar-refractivity contribution in [1.82, 2.24) is 9.38 Å². The summed E-state index contributed by atoms with van der Waals surface area (Å²) < 4.78 is 15.5. The Morgan fingerprint density at radius 1 is 1.15 bits per heavy atom. The monoisotopic (exact) mass is 268 g/mol. The van der Waals surface area contributed by atoms with Crippen LogP contribution in [0, 0.1) is 5.82 Å². The minimum Gasteiger partial charge on any atom is -0.508 e. The standard InChI is InChI=1S/C15H9FN2O2/c16-11-3-1-2-9-10(11)7-18-13-5-4-8(19)6-12(13)17-15(20)14(9)18/h1-7,19H,(H,17,20). The van der Waals surface area contributed by atoms with Crippen LogP contribution >= 0.6 is 0 Å². The quantitative estimate of drug-likeness (QED) is 0.515. The number of benzene rings is 2. The van der Waals surface area contributed by atoms with Gasteiger partial charge in [0.1, 0.15) is 17.1 Å². The van der Waals surface area contributed by atoms with E-state index in [9.17, 15) is 14.3 Å². The van der Waals surface area contributed by atoms with Crippen LogP contribution in [0.3, 0.4) is 0 Å². The largest absolute Gasteiger partial charge is 0.508 e. The van der Waals surface area contributed by atoms with E-state index in [1.165, 1.54) is 18.2 Å². The summed E-state index contributed by atoms with van der Waals surface area (Å²) in [6.07, 6.45) is 1.61. The highest BCUT2D eigenvalue weighted by atomic mass is 19.1. The smallest absolute Gasteiger partial charge is 0.273 e. The molecule has 0 radical (unpaired) electrons. The molecule has 0 fully saturated rings. The van der Waals surface area contributed by atoms with Crippen LogP contribution in [0.1, 0.15) is 0 Å². The number of H-pyrrole nitrogens is 1. The first-order valence-electron chi connectivity index (χ1n) is 6.09. The summed E-state index contributed by atoms with van der Waals surface area (Å²) in [5, 5.41) is 10.5. The molecule has 2 N–H and O–H groups in total. The van der Waals surface area contributed by atoms with E-state index in [-0.39, 0.29) is 17.1 Å². The van der Waals surface area contributed by atoms with Gasteiger partial charge in [0.25, 0.3) is 5.56 Å². The first kappa shape index (κ1) is 11.0. The van der Waals surface area contributed by atoms with Gasteiger partial charge in [0.15, 0.2) is 0 Å². The summed E-state index contributed by atoms with van der Waals surface area (Å²) in [5.41, 5.74) is 1.29. The van der Waals surface area contributed by atoms with Crippen molar-refractivity contribution in [1.29, 1.82) is 0 Å². The minimum absolute atomic E-state index is 0.0652. The number of fused-ring (bicyclic) bond motifs is 5. The maximum Gasteiger partial charge on any atom is 0.273 e. The SMILES string of the molecule is O=c1[nH]c2cc(O)ccc2n2cc3c(F)cccc3c12. The van der Waals surface area contributed by atoms with Crippen LogP contribution in [-0.4, -0.2) is 14.5 Å². The van der Waals surface area contributed by atoms with Gasteiger partial charge in [-0.15, -0.1) is 0 Å². The Balaban J connectivity index is 2.36. The average Bonchev–Trinajstić information content (AvgIpc) is 2.80. The van der Waals surface area contributed by atoms with Crippen LogP contribution in [0.4, 0.5) is 4.39 Å². The molecular weight excluding hydrogens is 259 g/mol. The highest BCUT2D eigenvalue weighted by Gasteiger charge is 2.12. The predicted molar refractivity (Wildman–Crippen MR) is 74.7 cm³/mol. The second-order valence-electron chi connectivity index (χ2n) is 4.70. The Morgan fingerprint density at radius 3 is 2.85 bits per heavy atom. The van der Waals surface area contributed by atoms with E-state index in [0.717, 1.165) is 0 Å². The van der Waals surface area contributed by atoms with Gasteiger partial charge in [0, 0.05) is 23.0 Å². The Morgan fingerprint density at radius 2 is 2.00 bits per heavy atom. The van der Waals surface area contributed by atoms with Crippen molar-refractivity contribution in [3.8, 4) is 5.75 Å². The van der Waals surface area contributed by atoms with Crippen LogP contribution in [-0.2, 0) is 0 Å². The Bertz CT molecular complexity index is 1050. The molecule has 4 aromatic rings. The van der Waals surface area contributed by atoms with Crippen molar-refractivity contribution in [3.63, 3.8) is 0 Å². The van der Waals surface area contributed by atoms with Crippen molar-refractivity contribution in [2.45, 2.75) is 0 Å². The number of phenols is 1. The number of hydrogen-bond donors (Lipinski definition) is 2. The maximum absolute atomic E-state index is 13.9. The van der Waals surface area contributed by atoms with E-state index in [1.54, 1.807) is 28.8 Å². The fourth-order valence-corrected chi connectivity index (χ4v) is 2.64. The molecule has 2 heterocycles. The zero-order valence-corrected chi connectivity index (χ0v) is 10.2. The third-order valence-corrected chi connectivity index (χ3v) is 3.51. The van der Waals surface area contributed by atoms with E-state index in [1.807, 2.05) is 0 Å². The molecule has 4 nitrogen and oxygen atoms in total. The van der Waals surface area contributed by atoms with Gasteiger partial charge in [0.2, 0.25) is 0 Å². The van der Waals surface area contributed by atoms with Gasteiger partial charge in [-0.05, 0) is 18.2 Å². The summed E-state index contributed by atoms with van der Waals surface area (Å²) in [5.74, 6) is -0.298. The molecule has 0 aliphatic heterocycles. The molecule has 0 amide bonds. The van der Waals surface area contributed by atoms with Crippen LogP contribution in [0.2, 0.25) is 0 Å². The molecule has 0 saturated heterocycles. The fraction of sp³-hybridized carbons (Fsp3) is 0. The Labute approximate surface area is 111 Å². The minimum atomic E-state index is -0.363. The van der Waals surface area contributed by atoms with Crippen molar-refractivity contribution in [2.24, 2.45) is 0 Å². The zero-order valence-electron chi connectivity index (χ0n) is 10.2. The molecule has 0 aliphatic rings. The second kappa shape index (κ2) is 3.60. The van der Waals surface area contributed by atoms with Gasteiger partial charge >= 0.3 is 0 Å². The van der Waals surface area contributed by atoms with Crippen molar-refractivity contribution < 1.29 is 9.50 Å². The number of aromatic hydroxyl groups is 1.